The van der Waals surface area contributed by atoms with E-state index in [1.807, 2.05) is 39.0 Å². The fraction of sp³-hybridized carbons (Fsp3) is 0.333. The van der Waals surface area contributed by atoms with Crippen molar-refractivity contribution in [3.8, 4) is 11.5 Å². The summed E-state index contributed by atoms with van der Waals surface area (Å²) in [6.45, 7) is 8.10. The summed E-state index contributed by atoms with van der Waals surface area (Å²) in [6, 6.07) is 7.92. The van der Waals surface area contributed by atoms with Crippen molar-refractivity contribution in [2.24, 2.45) is 0 Å². The van der Waals surface area contributed by atoms with Crippen LogP contribution in [0.4, 0.5) is 5.82 Å². The van der Waals surface area contributed by atoms with E-state index in [2.05, 4.69) is 27.5 Å². The monoisotopic (exact) mass is 371 g/mol. The maximum absolute atomic E-state index is 12.2. The van der Waals surface area contributed by atoms with E-state index in [4.69, 9.17) is 4.42 Å². The van der Waals surface area contributed by atoms with Crippen molar-refractivity contribution >= 4 is 23.5 Å². The summed E-state index contributed by atoms with van der Waals surface area (Å²) in [6.07, 6.45) is 1.66. The molecule has 0 saturated carbocycles. The first-order chi connectivity index (χ1) is 12.4. The van der Waals surface area contributed by atoms with Crippen LogP contribution >= 0.6 is 11.8 Å². The minimum Gasteiger partial charge on any atom is -0.411 e. The van der Waals surface area contributed by atoms with Gasteiger partial charge >= 0.3 is 0 Å². The molecule has 26 heavy (non-hydrogen) atoms. The number of hydrogen-bond acceptors (Lipinski definition) is 6. The number of rotatable bonds is 6. The predicted octanol–water partition coefficient (Wildman–Crippen LogP) is 3.86. The molecule has 1 N–H and O–H groups in total. The van der Waals surface area contributed by atoms with Gasteiger partial charge in [0.15, 0.2) is 0 Å². The second kappa shape index (κ2) is 7.74. The molecule has 0 aliphatic rings. The standard InChI is InChI=1S/C18H21N5O2S/c1-11(2)23-15(7-8-19-23)20-16(24)10-26-18-22-21-17(25-18)14-6-5-12(3)13(4)9-14/h5-9,11H,10H2,1-4H3,(H,20,24). The number of hydrogen-bond donors (Lipinski definition) is 1. The van der Waals surface area contributed by atoms with Gasteiger partial charge in [-0.3, -0.25) is 4.79 Å². The zero-order valence-corrected chi connectivity index (χ0v) is 16.0. The van der Waals surface area contributed by atoms with Crippen LogP contribution in [-0.2, 0) is 4.79 Å². The molecule has 1 aromatic carbocycles. The third kappa shape index (κ3) is 4.13. The van der Waals surface area contributed by atoms with Crippen LogP contribution < -0.4 is 5.32 Å². The number of nitrogens with one attached hydrogen (secondary N) is 1. The lowest BCUT2D eigenvalue weighted by molar-refractivity contribution is -0.113. The summed E-state index contributed by atoms with van der Waals surface area (Å²) in [7, 11) is 0. The van der Waals surface area contributed by atoms with E-state index in [9.17, 15) is 4.79 Å². The lowest BCUT2D eigenvalue weighted by Crippen LogP contribution is -2.18. The van der Waals surface area contributed by atoms with E-state index in [1.165, 1.54) is 17.3 Å². The molecule has 3 aromatic rings. The van der Waals surface area contributed by atoms with Crippen molar-refractivity contribution in [2.75, 3.05) is 11.1 Å². The van der Waals surface area contributed by atoms with Crippen molar-refractivity contribution in [1.82, 2.24) is 20.0 Å². The first-order valence-electron chi connectivity index (χ1n) is 8.31. The Bertz CT molecular complexity index is 916. The van der Waals surface area contributed by atoms with E-state index in [-0.39, 0.29) is 17.7 Å². The minimum absolute atomic E-state index is 0.150. The molecule has 0 atom stereocenters. The molecule has 0 radical (unpaired) electrons. The fourth-order valence-electron chi connectivity index (χ4n) is 2.39. The first kappa shape index (κ1) is 18.2. The highest BCUT2D eigenvalue weighted by molar-refractivity contribution is 7.99. The molecule has 0 spiro atoms. The van der Waals surface area contributed by atoms with Crippen LogP contribution in [0.15, 0.2) is 40.1 Å². The van der Waals surface area contributed by atoms with Gasteiger partial charge in [0.05, 0.1) is 11.9 Å². The minimum atomic E-state index is -0.150. The first-order valence-corrected chi connectivity index (χ1v) is 9.30. The number of aromatic nitrogens is 4. The van der Waals surface area contributed by atoms with Crippen LogP contribution in [0.1, 0.15) is 31.0 Å². The van der Waals surface area contributed by atoms with Gasteiger partial charge in [0.1, 0.15) is 5.82 Å². The number of benzene rings is 1. The van der Waals surface area contributed by atoms with Crippen LogP contribution in [0.2, 0.25) is 0 Å². The molecular formula is C18H21N5O2S. The maximum atomic E-state index is 12.2. The van der Waals surface area contributed by atoms with Gasteiger partial charge in [-0.1, -0.05) is 17.8 Å². The highest BCUT2D eigenvalue weighted by atomic mass is 32.2. The van der Waals surface area contributed by atoms with Crippen molar-refractivity contribution in [1.29, 1.82) is 0 Å². The van der Waals surface area contributed by atoms with Crippen LogP contribution in [0.3, 0.4) is 0 Å². The Balaban J connectivity index is 1.60. The molecule has 0 aliphatic heterocycles. The second-order valence-corrected chi connectivity index (χ2v) is 7.19. The summed E-state index contributed by atoms with van der Waals surface area (Å²) in [5.41, 5.74) is 3.24. The Hall–Kier alpha value is -2.61. The number of carbonyl (C=O) groups excluding carboxylic acids is 1. The third-order valence-corrected chi connectivity index (χ3v) is 4.73. The van der Waals surface area contributed by atoms with Gasteiger partial charge in [0.25, 0.3) is 5.22 Å². The van der Waals surface area contributed by atoms with Gasteiger partial charge in [-0.2, -0.15) is 5.10 Å². The normalized spacial score (nSPS) is 11.1. The third-order valence-electron chi connectivity index (χ3n) is 3.91. The molecule has 0 saturated heterocycles. The van der Waals surface area contributed by atoms with Gasteiger partial charge < -0.3 is 9.73 Å². The second-order valence-electron chi connectivity index (χ2n) is 6.26. The number of amides is 1. The van der Waals surface area contributed by atoms with E-state index in [1.54, 1.807) is 16.9 Å². The van der Waals surface area contributed by atoms with Crippen molar-refractivity contribution in [3.05, 3.63) is 41.6 Å². The van der Waals surface area contributed by atoms with Crippen molar-refractivity contribution in [3.63, 3.8) is 0 Å². The topological polar surface area (TPSA) is 85.8 Å². The number of nitrogens with zero attached hydrogens (tertiary/aromatic N) is 4. The average molecular weight is 371 g/mol. The molecule has 2 aromatic heterocycles. The van der Waals surface area contributed by atoms with E-state index in [0.29, 0.717) is 16.9 Å². The highest BCUT2D eigenvalue weighted by Gasteiger charge is 2.13. The smallest absolute Gasteiger partial charge is 0.277 e. The summed E-state index contributed by atoms with van der Waals surface area (Å²) in [5, 5.41) is 15.5. The van der Waals surface area contributed by atoms with Crippen LogP contribution in [0, 0.1) is 13.8 Å². The Morgan fingerprint density at radius 3 is 2.77 bits per heavy atom. The van der Waals surface area contributed by atoms with Crippen LogP contribution in [0.25, 0.3) is 11.5 Å². The predicted molar refractivity (Wildman–Crippen MR) is 101 cm³/mol. The molecule has 0 fully saturated rings. The van der Waals surface area contributed by atoms with E-state index in [0.717, 1.165) is 11.1 Å². The molecule has 0 aliphatic carbocycles. The van der Waals surface area contributed by atoms with Crippen LogP contribution in [-0.4, -0.2) is 31.6 Å². The van der Waals surface area contributed by atoms with Crippen molar-refractivity contribution < 1.29 is 9.21 Å². The molecule has 2 heterocycles. The Labute approximate surface area is 156 Å². The SMILES string of the molecule is Cc1ccc(-c2nnc(SCC(=O)Nc3ccnn3C(C)C)o2)cc1C. The van der Waals surface area contributed by atoms with Crippen molar-refractivity contribution in [2.45, 2.75) is 39.0 Å². The summed E-state index contributed by atoms with van der Waals surface area (Å²) in [4.78, 5) is 12.2. The molecule has 0 bridgehead atoms. The average Bonchev–Trinajstić information content (AvgIpc) is 3.25. The number of aryl methyl sites for hydroxylation is 2. The number of carbonyl (C=O) groups is 1. The van der Waals surface area contributed by atoms with Gasteiger partial charge in [0, 0.05) is 17.7 Å². The summed E-state index contributed by atoms with van der Waals surface area (Å²) >= 11 is 1.21. The molecule has 0 unspecified atom stereocenters. The van der Waals surface area contributed by atoms with Gasteiger partial charge in [-0.25, -0.2) is 4.68 Å². The number of thioether (sulfide) groups is 1. The van der Waals surface area contributed by atoms with Crippen LogP contribution in [0.5, 0.6) is 0 Å². The molecular weight excluding hydrogens is 350 g/mol. The van der Waals surface area contributed by atoms with Gasteiger partial charge in [0.2, 0.25) is 11.8 Å². The Kier molecular flexibility index (Phi) is 5.41. The Morgan fingerprint density at radius 2 is 2.04 bits per heavy atom. The largest absolute Gasteiger partial charge is 0.411 e. The molecule has 3 rings (SSSR count). The number of anilines is 1. The fourth-order valence-corrected chi connectivity index (χ4v) is 2.95. The lowest BCUT2D eigenvalue weighted by atomic mass is 10.1. The summed E-state index contributed by atoms with van der Waals surface area (Å²) in [5.74, 6) is 1.15. The van der Waals surface area contributed by atoms with E-state index < -0.39 is 0 Å². The quantitative estimate of drug-likeness (QED) is 0.662. The lowest BCUT2D eigenvalue weighted by Gasteiger charge is -2.11. The molecule has 8 heteroatoms. The van der Waals surface area contributed by atoms with E-state index >= 15 is 0 Å². The molecule has 7 nitrogen and oxygen atoms in total. The van der Waals surface area contributed by atoms with Gasteiger partial charge in [-0.15, -0.1) is 10.2 Å². The highest BCUT2D eigenvalue weighted by Crippen LogP contribution is 2.25. The zero-order chi connectivity index (χ0) is 18.7. The molecule has 1 amide bonds. The van der Waals surface area contributed by atoms with Gasteiger partial charge in [-0.05, 0) is 51.0 Å². The maximum Gasteiger partial charge on any atom is 0.277 e. The molecule has 136 valence electrons. The summed E-state index contributed by atoms with van der Waals surface area (Å²) < 4.78 is 7.41. The Morgan fingerprint density at radius 1 is 1.23 bits per heavy atom. The zero-order valence-electron chi connectivity index (χ0n) is 15.2.